The third-order valence-corrected chi connectivity index (χ3v) is 5.12. The Morgan fingerprint density at radius 2 is 1.87 bits per heavy atom. The number of imidazole rings is 1. The van der Waals surface area contributed by atoms with Crippen LogP contribution in [0.4, 0.5) is 5.13 Å². The zero-order chi connectivity index (χ0) is 16.0. The van der Waals surface area contributed by atoms with Crippen molar-refractivity contribution in [2.75, 3.05) is 25.7 Å². The molecule has 1 aliphatic heterocycles. The lowest BCUT2D eigenvalue weighted by atomic mass is 9.99. The van der Waals surface area contributed by atoms with Crippen molar-refractivity contribution < 1.29 is 9.47 Å². The molecule has 1 aliphatic rings. The first-order chi connectivity index (χ1) is 11.2. The molecule has 0 bridgehead atoms. The van der Waals surface area contributed by atoms with E-state index >= 15 is 0 Å². The van der Waals surface area contributed by atoms with Gasteiger partial charge < -0.3 is 14.4 Å². The van der Waals surface area contributed by atoms with E-state index in [0.717, 1.165) is 46.8 Å². The number of aromatic nitrogens is 3. The molecule has 0 spiro atoms. The fraction of sp³-hybridized carbons (Fsp3) is 0.375. The standard InChI is InChI=1S/C16H18N4O2S/c1-10-8-20-15(17-10)23-16(18-20)19-5-4-11-6-13(21-2)14(22-3)7-12(11)9-19/h6-8H,4-5,9H2,1-3H3. The first-order valence-corrected chi connectivity index (χ1v) is 8.31. The highest BCUT2D eigenvalue weighted by atomic mass is 32.1. The SMILES string of the molecule is COc1cc2c(cc1OC)CN(c1nn3cc(C)nc3s1)CC2. The van der Waals surface area contributed by atoms with E-state index in [0.29, 0.717) is 0 Å². The molecule has 4 rings (SSSR count). The molecule has 0 aliphatic carbocycles. The van der Waals surface area contributed by atoms with Crippen molar-refractivity contribution in [3.63, 3.8) is 0 Å². The molecule has 0 fully saturated rings. The Morgan fingerprint density at radius 1 is 1.13 bits per heavy atom. The molecule has 0 unspecified atom stereocenters. The Labute approximate surface area is 138 Å². The van der Waals surface area contributed by atoms with Gasteiger partial charge in [0.1, 0.15) is 0 Å². The number of nitrogens with zero attached hydrogens (tertiary/aromatic N) is 4. The quantitative estimate of drug-likeness (QED) is 0.739. The summed E-state index contributed by atoms with van der Waals surface area (Å²) in [5.74, 6) is 1.57. The Kier molecular flexibility index (Phi) is 3.37. The number of hydrogen-bond acceptors (Lipinski definition) is 6. The lowest BCUT2D eigenvalue weighted by Crippen LogP contribution is -2.30. The van der Waals surface area contributed by atoms with Crippen LogP contribution in [0.3, 0.4) is 0 Å². The Hall–Kier alpha value is -2.28. The first kappa shape index (κ1) is 14.3. The van der Waals surface area contributed by atoms with Crippen LogP contribution < -0.4 is 14.4 Å². The highest BCUT2D eigenvalue weighted by Gasteiger charge is 2.22. The molecule has 120 valence electrons. The topological polar surface area (TPSA) is 51.9 Å². The van der Waals surface area contributed by atoms with Crippen LogP contribution in [0.5, 0.6) is 11.5 Å². The van der Waals surface area contributed by atoms with Crippen LogP contribution in [-0.4, -0.2) is 35.4 Å². The summed E-state index contributed by atoms with van der Waals surface area (Å²) in [6, 6.07) is 4.16. The molecule has 1 aromatic carbocycles. The lowest BCUT2D eigenvalue weighted by molar-refractivity contribution is 0.353. The molecule has 0 N–H and O–H groups in total. The summed E-state index contributed by atoms with van der Waals surface area (Å²) in [5.41, 5.74) is 3.57. The minimum Gasteiger partial charge on any atom is -0.493 e. The minimum atomic E-state index is 0.776. The van der Waals surface area contributed by atoms with Crippen molar-refractivity contribution >= 4 is 21.4 Å². The third kappa shape index (κ3) is 2.41. The van der Waals surface area contributed by atoms with Crippen LogP contribution in [-0.2, 0) is 13.0 Å². The summed E-state index contributed by atoms with van der Waals surface area (Å²) in [6.45, 7) is 3.75. The normalized spacial score (nSPS) is 14.1. The summed E-state index contributed by atoms with van der Waals surface area (Å²) in [6.07, 6.45) is 2.93. The molecular weight excluding hydrogens is 312 g/mol. The summed E-state index contributed by atoms with van der Waals surface area (Å²) in [4.78, 5) is 7.71. The fourth-order valence-electron chi connectivity index (χ4n) is 2.97. The van der Waals surface area contributed by atoms with E-state index in [-0.39, 0.29) is 0 Å². The number of hydrogen-bond donors (Lipinski definition) is 0. The number of aryl methyl sites for hydroxylation is 1. The molecule has 23 heavy (non-hydrogen) atoms. The van der Waals surface area contributed by atoms with Crippen molar-refractivity contribution in [2.24, 2.45) is 0 Å². The summed E-state index contributed by atoms with van der Waals surface area (Å²) in [7, 11) is 3.34. The molecular formula is C16H18N4O2S. The maximum absolute atomic E-state index is 5.42. The van der Waals surface area contributed by atoms with Gasteiger partial charge in [-0.2, -0.15) is 0 Å². The van der Waals surface area contributed by atoms with Gasteiger partial charge in [0, 0.05) is 13.1 Å². The van der Waals surface area contributed by atoms with E-state index in [1.165, 1.54) is 11.1 Å². The predicted molar refractivity (Wildman–Crippen MR) is 89.9 cm³/mol. The maximum Gasteiger partial charge on any atom is 0.214 e. The van der Waals surface area contributed by atoms with Gasteiger partial charge in [0.2, 0.25) is 10.1 Å². The molecule has 0 radical (unpaired) electrons. The number of fused-ring (bicyclic) bond motifs is 2. The van der Waals surface area contributed by atoms with Crippen LogP contribution in [0, 0.1) is 6.92 Å². The Morgan fingerprint density at radius 3 is 2.57 bits per heavy atom. The van der Waals surface area contributed by atoms with E-state index < -0.39 is 0 Å². The van der Waals surface area contributed by atoms with Gasteiger partial charge >= 0.3 is 0 Å². The number of ether oxygens (including phenoxy) is 2. The maximum atomic E-state index is 5.42. The second-order valence-corrected chi connectivity index (χ2v) is 6.58. The van der Waals surface area contributed by atoms with Gasteiger partial charge in [-0.15, -0.1) is 5.10 Å². The Bertz CT molecular complexity index is 839. The highest BCUT2D eigenvalue weighted by Crippen LogP contribution is 2.35. The van der Waals surface area contributed by atoms with Gasteiger partial charge in [-0.05, 0) is 36.6 Å². The van der Waals surface area contributed by atoms with E-state index in [1.54, 1.807) is 25.6 Å². The second kappa shape index (κ2) is 5.42. The zero-order valence-electron chi connectivity index (χ0n) is 13.4. The zero-order valence-corrected chi connectivity index (χ0v) is 14.2. The first-order valence-electron chi connectivity index (χ1n) is 7.49. The summed E-state index contributed by atoms with van der Waals surface area (Å²) < 4.78 is 12.7. The summed E-state index contributed by atoms with van der Waals surface area (Å²) >= 11 is 1.63. The molecule has 0 amide bonds. The van der Waals surface area contributed by atoms with Gasteiger partial charge in [-0.3, -0.25) is 0 Å². The van der Waals surface area contributed by atoms with Crippen molar-refractivity contribution in [3.05, 3.63) is 35.2 Å². The average Bonchev–Trinajstić information content (AvgIpc) is 3.10. The van der Waals surface area contributed by atoms with Gasteiger partial charge in [0.15, 0.2) is 11.5 Å². The number of methoxy groups -OCH3 is 2. The number of benzene rings is 1. The molecule has 6 nitrogen and oxygen atoms in total. The number of anilines is 1. The van der Waals surface area contributed by atoms with Crippen LogP contribution in [0.2, 0.25) is 0 Å². The molecule has 3 heterocycles. The van der Waals surface area contributed by atoms with Crippen molar-refractivity contribution in [1.82, 2.24) is 14.6 Å². The van der Waals surface area contributed by atoms with E-state index in [4.69, 9.17) is 9.47 Å². The smallest absolute Gasteiger partial charge is 0.214 e. The van der Waals surface area contributed by atoms with E-state index in [1.807, 2.05) is 17.6 Å². The van der Waals surface area contributed by atoms with Crippen LogP contribution in [0.1, 0.15) is 16.8 Å². The van der Waals surface area contributed by atoms with Gasteiger partial charge in [-0.1, -0.05) is 11.3 Å². The molecule has 0 saturated heterocycles. The van der Waals surface area contributed by atoms with E-state index in [2.05, 4.69) is 27.1 Å². The van der Waals surface area contributed by atoms with Crippen molar-refractivity contribution in [3.8, 4) is 11.5 Å². The van der Waals surface area contributed by atoms with Gasteiger partial charge in [0.05, 0.1) is 26.1 Å². The molecule has 0 atom stereocenters. The monoisotopic (exact) mass is 330 g/mol. The van der Waals surface area contributed by atoms with Crippen LogP contribution in [0.15, 0.2) is 18.3 Å². The largest absolute Gasteiger partial charge is 0.493 e. The van der Waals surface area contributed by atoms with Gasteiger partial charge in [-0.25, -0.2) is 9.50 Å². The van der Waals surface area contributed by atoms with Gasteiger partial charge in [0.25, 0.3) is 0 Å². The van der Waals surface area contributed by atoms with Crippen molar-refractivity contribution in [2.45, 2.75) is 19.9 Å². The van der Waals surface area contributed by atoms with Crippen LogP contribution in [0.25, 0.3) is 4.96 Å². The Balaban J connectivity index is 1.65. The third-order valence-electron chi connectivity index (χ3n) is 4.14. The molecule has 7 heteroatoms. The van der Waals surface area contributed by atoms with Crippen LogP contribution >= 0.6 is 11.3 Å². The predicted octanol–water partition coefficient (Wildman–Crippen LogP) is 2.68. The van der Waals surface area contributed by atoms with E-state index in [9.17, 15) is 0 Å². The van der Waals surface area contributed by atoms with Crippen molar-refractivity contribution in [1.29, 1.82) is 0 Å². The molecule has 0 saturated carbocycles. The average molecular weight is 330 g/mol. The second-order valence-electron chi connectivity index (χ2n) is 5.64. The molecule has 3 aromatic rings. The summed E-state index contributed by atoms with van der Waals surface area (Å²) in [5, 5.41) is 5.66. The minimum absolute atomic E-state index is 0.776. The fourth-order valence-corrected chi connectivity index (χ4v) is 3.93. The number of rotatable bonds is 3. The molecule has 2 aromatic heterocycles. The highest BCUT2D eigenvalue weighted by molar-refractivity contribution is 7.20. The lowest BCUT2D eigenvalue weighted by Gasteiger charge is -2.28.